The number of pyridine rings is 2. The third kappa shape index (κ3) is 2.05. The van der Waals surface area contributed by atoms with Crippen LogP contribution in [0.1, 0.15) is 22.7 Å². The van der Waals surface area contributed by atoms with Gasteiger partial charge in [0.05, 0.1) is 11.5 Å². The fourth-order valence-electron chi connectivity index (χ4n) is 2.49. The lowest BCUT2D eigenvalue weighted by atomic mass is 9.85. The highest BCUT2D eigenvalue weighted by atomic mass is 16.5. The molecular formula is C15H12N4O2. The molecular weight excluding hydrogens is 268 g/mol. The maximum Gasteiger partial charge on any atom is 0.256 e. The molecule has 1 aliphatic heterocycles. The second kappa shape index (κ2) is 4.80. The Bertz CT molecular complexity index is 831. The molecule has 0 aromatic carbocycles. The van der Waals surface area contributed by atoms with Crippen LogP contribution in [0.25, 0.3) is 0 Å². The second-order valence-electron chi connectivity index (χ2n) is 4.77. The van der Waals surface area contributed by atoms with Gasteiger partial charge >= 0.3 is 0 Å². The van der Waals surface area contributed by atoms with Gasteiger partial charge in [-0.05, 0) is 18.6 Å². The molecule has 0 radical (unpaired) electrons. The van der Waals surface area contributed by atoms with Crippen LogP contribution in [0.15, 0.2) is 46.8 Å². The summed E-state index contributed by atoms with van der Waals surface area (Å²) < 4.78 is 5.44. The van der Waals surface area contributed by atoms with Gasteiger partial charge in [0.15, 0.2) is 0 Å². The average molecular weight is 280 g/mol. The van der Waals surface area contributed by atoms with E-state index in [0.29, 0.717) is 17.0 Å². The van der Waals surface area contributed by atoms with Crippen molar-refractivity contribution in [2.24, 2.45) is 5.73 Å². The van der Waals surface area contributed by atoms with E-state index >= 15 is 0 Å². The van der Waals surface area contributed by atoms with Gasteiger partial charge in [0.25, 0.3) is 5.56 Å². The number of nitrogens with two attached hydrogens (primary N) is 1. The summed E-state index contributed by atoms with van der Waals surface area (Å²) in [6.07, 6.45) is 3.24. The Labute approximate surface area is 120 Å². The van der Waals surface area contributed by atoms with E-state index in [4.69, 9.17) is 10.5 Å². The van der Waals surface area contributed by atoms with Crippen molar-refractivity contribution in [1.29, 1.82) is 5.26 Å². The molecule has 0 bridgehead atoms. The van der Waals surface area contributed by atoms with Gasteiger partial charge in [-0.15, -0.1) is 0 Å². The average Bonchev–Trinajstić information content (AvgIpc) is 2.46. The van der Waals surface area contributed by atoms with Crippen LogP contribution in [0.3, 0.4) is 0 Å². The molecule has 0 spiro atoms. The van der Waals surface area contributed by atoms with Crippen LogP contribution in [-0.4, -0.2) is 9.97 Å². The van der Waals surface area contributed by atoms with Crippen molar-refractivity contribution in [3.8, 4) is 11.8 Å². The summed E-state index contributed by atoms with van der Waals surface area (Å²) >= 11 is 0. The summed E-state index contributed by atoms with van der Waals surface area (Å²) in [7, 11) is 0. The number of fused-ring (bicyclic) bond motifs is 1. The van der Waals surface area contributed by atoms with Crippen LogP contribution in [0.5, 0.6) is 5.75 Å². The Morgan fingerprint density at radius 1 is 1.52 bits per heavy atom. The van der Waals surface area contributed by atoms with E-state index in [0.717, 1.165) is 5.56 Å². The number of aromatic nitrogens is 2. The number of nitrogens with one attached hydrogen (secondary N) is 1. The highest BCUT2D eigenvalue weighted by Gasteiger charge is 2.33. The first-order chi connectivity index (χ1) is 10.1. The highest BCUT2D eigenvalue weighted by molar-refractivity contribution is 5.54. The summed E-state index contributed by atoms with van der Waals surface area (Å²) in [5, 5.41) is 9.36. The molecule has 104 valence electrons. The summed E-state index contributed by atoms with van der Waals surface area (Å²) in [5.74, 6) is -0.178. The Morgan fingerprint density at radius 3 is 3.00 bits per heavy atom. The first kappa shape index (κ1) is 12.9. The van der Waals surface area contributed by atoms with E-state index in [9.17, 15) is 10.1 Å². The number of nitriles is 1. The minimum atomic E-state index is -0.572. The van der Waals surface area contributed by atoms with Crippen molar-refractivity contribution in [3.05, 3.63) is 69.2 Å². The van der Waals surface area contributed by atoms with E-state index < -0.39 is 5.92 Å². The molecule has 6 nitrogen and oxygen atoms in total. The number of ether oxygens (including phenoxy) is 1. The molecule has 1 atom stereocenters. The molecule has 0 fully saturated rings. The SMILES string of the molecule is Cc1cc2c(c(=O)[nH]1)[C@H](c1cccnc1)C(C#N)=C(N)O2. The minimum Gasteiger partial charge on any atom is -0.440 e. The van der Waals surface area contributed by atoms with Crippen molar-refractivity contribution in [1.82, 2.24) is 9.97 Å². The number of allylic oxidation sites excluding steroid dienone is 1. The van der Waals surface area contributed by atoms with Crippen molar-refractivity contribution in [2.45, 2.75) is 12.8 Å². The van der Waals surface area contributed by atoms with Crippen molar-refractivity contribution >= 4 is 0 Å². The van der Waals surface area contributed by atoms with Crippen LogP contribution in [0.4, 0.5) is 0 Å². The van der Waals surface area contributed by atoms with Gasteiger partial charge in [0, 0.05) is 24.2 Å². The standard InChI is InChI=1S/C15H12N4O2/c1-8-5-11-13(15(20)19-8)12(9-3-2-4-18-7-9)10(6-16)14(17)21-11/h2-5,7,12H,17H2,1H3,(H,19,20)/t12-/m1/s1. The van der Waals surface area contributed by atoms with Crippen molar-refractivity contribution in [3.63, 3.8) is 0 Å². The van der Waals surface area contributed by atoms with Crippen LogP contribution in [0.2, 0.25) is 0 Å². The summed E-state index contributed by atoms with van der Waals surface area (Å²) in [4.78, 5) is 19.1. The highest BCUT2D eigenvalue weighted by Crippen LogP contribution is 2.39. The Balaban J connectivity index is 2.32. The number of aromatic amines is 1. The van der Waals surface area contributed by atoms with Crippen molar-refractivity contribution < 1.29 is 4.74 Å². The number of aryl methyl sites for hydroxylation is 1. The van der Waals surface area contributed by atoms with E-state index in [-0.39, 0.29) is 17.0 Å². The number of rotatable bonds is 1. The van der Waals surface area contributed by atoms with Gasteiger partial charge in [0.1, 0.15) is 17.4 Å². The normalized spacial score (nSPS) is 16.9. The Morgan fingerprint density at radius 2 is 2.33 bits per heavy atom. The fourth-order valence-corrected chi connectivity index (χ4v) is 2.49. The van der Waals surface area contributed by atoms with Gasteiger partial charge in [-0.3, -0.25) is 9.78 Å². The van der Waals surface area contributed by atoms with Gasteiger partial charge in [-0.25, -0.2) is 0 Å². The molecule has 21 heavy (non-hydrogen) atoms. The molecule has 3 rings (SSSR count). The Kier molecular flexibility index (Phi) is 2.95. The largest absolute Gasteiger partial charge is 0.440 e. The molecule has 2 aromatic heterocycles. The summed E-state index contributed by atoms with van der Waals surface area (Å²) in [6.45, 7) is 1.75. The van der Waals surface area contributed by atoms with Crippen LogP contribution < -0.4 is 16.0 Å². The van der Waals surface area contributed by atoms with Gasteiger partial charge in [0.2, 0.25) is 5.88 Å². The maximum atomic E-state index is 12.3. The fraction of sp³-hybridized carbons (Fsp3) is 0.133. The van der Waals surface area contributed by atoms with E-state index in [2.05, 4.69) is 9.97 Å². The van der Waals surface area contributed by atoms with E-state index in [1.165, 1.54) is 0 Å². The zero-order valence-electron chi connectivity index (χ0n) is 11.3. The topological polar surface area (TPSA) is 105 Å². The van der Waals surface area contributed by atoms with Crippen molar-refractivity contribution in [2.75, 3.05) is 0 Å². The second-order valence-corrected chi connectivity index (χ2v) is 4.77. The van der Waals surface area contributed by atoms with Crippen LogP contribution in [0, 0.1) is 18.3 Å². The lowest BCUT2D eigenvalue weighted by Crippen LogP contribution is -2.28. The zero-order chi connectivity index (χ0) is 15.0. The van der Waals surface area contributed by atoms with Gasteiger partial charge < -0.3 is 15.5 Å². The minimum absolute atomic E-state index is 0.0175. The summed E-state index contributed by atoms with van der Waals surface area (Å²) in [6, 6.07) is 7.28. The molecule has 2 aromatic rings. The summed E-state index contributed by atoms with van der Waals surface area (Å²) in [5.41, 5.74) is 7.51. The molecule has 6 heteroatoms. The third-order valence-electron chi connectivity index (χ3n) is 3.37. The Hall–Kier alpha value is -3.07. The number of H-pyrrole nitrogens is 1. The smallest absolute Gasteiger partial charge is 0.256 e. The van der Waals surface area contributed by atoms with E-state index in [1.807, 2.05) is 6.07 Å². The van der Waals surface area contributed by atoms with Gasteiger partial charge in [-0.1, -0.05) is 6.07 Å². The molecule has 3 N–H and O–H groups in total. The number of nitrogens with zero attached hydrogens (tertiary/aromatic N) is 2. The molecule has 0 unspecified atom stereocenters. The molecule has 3 heterocycles. The maximum absolute atomic E-state index is 12.3. The molecule has 0 amide bonds. The molecule has 0 saturated heterocycles. The number of hydrogen-bond acceptors (Lipinski definition) is 5. The predicted octanol–water partition coefficient (Wildman–Crippen LogP) is 1.30. The third-order valence-corrected chi connectivity index (χ3v) is 3.37. The quantitative estimate of drug-likeness (QED) is 0.819. The van der Waals surface area contributed by atoms with Gasteiger partial charge in [-0.2, -0.15) is 5.26 Å². The van der Waals surface area contributed by atoms with Crippen LogP contribution in [-0.2, 0) is 0 Å². The molecule has 1 aliphatic rings. The lowest BCUT2D eigenvalue weighted by Gasteiger charge is -2.25. The first-order valence-electron chi connectivity index (χ1n) is 6.33. The van der Waals surface area contributed by atoms with Crippen LogP contribution >= 0.6 is 0 Å². The molecule has 0 aliphatic carbocycles. The van der Waals surface area contributed by atoms with E-state index in [1.54, 1.807) is 37.5 Å². The predicted molar refractivity (Wildman–Crippen MR) is 75.3 cm³/mol. The monoisotopic (exact) mass is 280 g/mol. The zero-order valence-corrected chi connectivity index (χ0v) is 11.3. The first-order valence-corrected chi connectivity index (χ1v) is 6.33. The lowest BCUT2D eigenvalue weighted by molar-refractivity contribution is 0.391. The number of hydrogen-bond donors (Lipinski definition) is 2. The molecule has 0 saturated carbocycles.